The van der Waals surface area contributed by atoms with Crippen molar-refractivity contribution in [2.75, 3.05) is 12.4 Å². The number of halogens is 3. The van der Waals surface area contributed by atoms with Gasteiger partial charge in [0.1, 0.15) is 4.60 Å². The predicted octanol–water partition coefficient (Wildman–Crippen LogP) is 3.04. The van der Waals surface area contributed by atoms with Crippen molar-refractivity contribution >= 4 is 46.4 Å². The van der Waals surface area contributed by atoms with Crippen molar-refractivity contribution < 1.29 is 0 Å². The minimum absolute atomic E-state index is 0. The van der Waals surface area contributed by atoms with E-state index in [0.29, 0.717) is 0 Å². The molecule has 1 N–H and O–H groups in total. The molecule has 0 aromatic carbocycles. The van der Waals surface area contributed by atoms with Crippen LogP contribution in [0, 0.1) is 6.92 Å². The zero-order chi connectivity index (χ0) is 7.56. The van der Waals surface area contributed by atoms with Crippen molar-refractivity contribution in [2.24, 2.45) is 0 Å². The van der Waals surface area contributed by atoms with Crippen molar-refractivity contribution in [3.8, 4) is 0 Å². The van der Waals surface area contributed by atoms with Crippen LogP contribution in [0.5, 0.6) is 0 Å². The molecule has 1 heterocycles. The Balaban J connectivity index is 0. The summed E-state index contributed by atoms with van der Waals surface area (Å²) < 4.78 is 0.870. The fraction of sp³-hybridized carbons (Fsp3) is 0.286. The molecular formula is C7H11BrCl2N2. The van der Waals surface area contributed by atoms with E-state index >= 15 is 0 Å². The zero-order valence-electron chi connectivity index (χ0n) is 6.80. The fourth-order valence-corrected chi connectivity index (χ4v) is 1.32. The summed E-state index contributed by atoms with van der Waals surface area (Å²) in [5.74, 6) is 0. The molecule has 0 fully saturated rings. The van der Waals surface area contributed by atoms with Gasteiger partial charge in [-0.2, -0.15) is 0 Å². The highest BCUT2D eigenvalue weighted by Gasteiger charge is 1.96. The SMILES string of the molecule is CNc1ccc(C)nc1Br.Cl.Cl. The zero-order valence-corrected chi connectivity index (χ0v) is 10.0. The number of aromatic nitrogens is 1. The van der Waals surface area contributed by atoms with Gasteiger partial charge >= 0.3 is 0 Å². The highest BCUT2D eigenvalue weighted by Crippen LogP contribution is 2.18. The summed E-state index contributed by atoms with van der Waals surface area (Å²) in [5.41, 5.74) is 2.04. The first-order valence-corrected chi connectivity index (χ1v) is 3.84. The second kappa shape index (κ2) is 6.52. The molecule has 12 heavy (non-hydrogen) atoms. The molecule has 2 nitrogen and oxygen atoms in total. The van der Waals surface area contributed by atoms with Crippen LogP contribution in [0.2, 0.25) is 0 Å². The molecule has 0 bridgehead atoms. The van der Waals surface area contributed by atoms with Crippen LogP contribution in [0.3, 0.4) is 0 Å². The third-order valence-electron chi connectivity index (χ3n) is 1.26. The number of rotatable bonds is 1. The molecule has 70 valence electrons. The van der Waals surface area contributed by atoms with E-state index < -0.39 is 0 Å². The third-order valence-corrected chi connectivity index (χ3v) is 1.86. The molecule has 0 saturated heterocycles. The van der Waals surface area contributed by atoms with Crippen molar-refractivity contribution in [3.63, 3.8) is 0 Å². The number of pyridine rings is 1. The van der Waals surface area contributed by atoms with E-state index in [-0.39, 0.29) is 24.8 Å². The summed E-state index contributed by atoms with van der Waals surface area (Å²) in [6.45, 7) is 1.96. The lowest BCUT2D eigenvalue weighted by molar-refractivity contribution is 1.16. The smallest absolute Gasteiger partial charge is 0.129 e. The van der Waals surface area contributed by atoms with Gasteiger partial charge in [0.2, 0.25) is 0 Å². The molecule has 0 unspecified atom stereocenters. The van der Waals surface area contributed by atoms with Gasteiger partial charge in [-0.05, 0) is 35.0 Å². The molecule has 0 atom stereocenters. The molecule has 0 aliphatic rings. The maximum absolute atomic E-state index is 4.20. The largest absolute Gasteiger partial charge is 0.386 e. The Labute approximate surface area is 93.1 Å². The van der Waals surface area contributed by atoms with E-state index in [1.807, 2.05) is 26.1 Å². The minimum Gasteiger partial charge on any atom is -0.386 e. The molecule has 0 radical (unpaired) electrons. The molecule has 1 rings (SSSR count). The topological polar surface area (TPSA) is 24.9 Å². The van der Waals surface area contributed by atoms with Gasteiger partial charge in [0, 0.05) is 12.7 Å². The minimum atomic E-state index is 0. The lowest BCUT2D eigenvalue weighted by atomic mass is 10.3. The number of aryl methyl sites for hydroxylation is 1. The first kappa shape index (κ1) is 14.5. The fourth-order valence-electron chi connectivity index (χ4n) is 0.712. The van der Waals surface area contributed by atoms with E-state index in [0.717, 1.165) is 16.0 Å². The second-order valence-electron chi connectivity index (χ2n) is 2.04. The van der Waals surface area contributed by atoms with Crippen molar-refractivity contribution in [1.82, 2.24) is 4.98 Å². The van der Waals surface area contributed by atoms with Crippen LogP contribution >= 0.6 is 40.7 Å². The number of anilines is 1. The summed E-state index contributed by atoms with van der Waals surface area (Å²) >= 11 is 3.33. The van der Waals surface area contributed by atoms with Crippen LogP contribution < -0.4 is 5.32 Å². The normalized spacial score (nSPS) is 7.92. The Bertz CT molecular complexity index is 243. The number of nitrogens with zero attached hydrogens (tertiary/aromatic N) is 1. The maximum Gasteiger partial charge on any atom is 0.129 e. The predicted molar refractivity (Wildman–Crippen MR) is 60.7 cm³/mol. The van der Waals surface area contributed by atoms with Crippen molar-refractivity contribution in [2.45, 2.75) is 6.92 Å². The monoisotopic (exact) mass is 272 g/mol. The number of hydrogen-bond donors (Lipinski definition) is 1. The van der Waals surface area contributed by atoms with Crippen LogP contribution in [0.25, 0.3) is 0 Å². The van der Waals surface area contributed by atoms with E-state index in [9.17, 15) is 0 Å². The lowest BCUT2D eigenvalue weighted by Gasteiger charge is -2.01. The van der Waals surface area contributed by atoms with Gasteiger partial charge in [0.05, 0.1) is 5.69 Å². The van der Waals surface area contributed by atoms with E-state index in [4.69, 9.17) is 0 Å². The van der Waals surface area contributed by atoms with Gasteiger partial charge in [-0.25, -0.2) is 4.98 Å². The Hall–Kier alpha value is 0.01000. The first-order valence-electron chi connectivity index (χ1n) is 3.05. The molecule has 0 saturated carbocycles. The van der Waals surface area contributed by atoms with Crippen LogP contribution in [-0.4, -0.2) is 12.0 Å². The summed E-state index contributed by atoms with van der Waals surface area (Å²) in [7, 11) is 1.87. The van der Waals surface area contributed by atoms with Gasteiger partial charge in [-0.1, -0.05) is 0 Å². The first-order chi connectivity index (χ1) is 4.74. The maximum atomic E-state index is 4.20. The quantitative estimate of drug-likeness (QED) is 0.796. The number of nitrogens with one attached hydrogen (secondary N) is 1. The van der Waals surface area contributed by atoms with E-state index in [1.165, 1.54) is 0 Å². The molecular weight excluding hydrogens is 263 g/mol. The summed E-state index contributed by atoms with van der Waals surface area (Å²) in [4.78, 5) is 4.20. The Morgan fingerprint density at radius 1 is 1.33 bits per heavy atom. The average molecular weight is 274 g/mol. The van der Waals surface area contributed by atoms with E-state index in [2.05, 4.69) is 26.2 Å². The summed E-state index contributed by atoms with van der Waals surface area (Å²) in [6, 6.07) is 3.96. The van der Waals surface area contributed by atoms with Crippen LogP contribution in [-0.2, 0) is 0 Å². The van der Waals surface area contributed by atoms with Gasteiger partial charge < -0.3 is 5.32 Å². The van der Waals surface area contributed by atoms with Crippen LogP contribution in [0.1, 0.15) is 5.69 Å². The molecule has 1 aromatic rings. The average Bonchev–Trinajstić information content (AvgIpc) is 1.88. The summed E-state index contributed by atoms with van der Waals surface area (Å²) in [5, 5.41) is 3.01. The van der Waals surface area contributed by atoms with Gasteiger partial charge in [-0.3, -0.25) is 0 Å². The highest BCUT2D eigenvalue weighted by atomic mass is 79.9. The highest BCUT2D eigenvalue weighted by molar-refractivity contribution is 9.10. The Morgan fingerprint density at radius 3 is 2.33 bits per heavy atom. The molecule has 5 heteroatoms. The number of hydrogen-bond acceptors (Lipinski definition) is 2. The molecule has 0 aliphatic heterocycles. The summed E-state index contributed by atoms with van der Waals surface area (Å²) in [6.07, 6.45) is 0. The second-order valence-corrected chi connectivity index (χ2v) is 2.79. The van der Waals surface area contributed by atoms with Gasteiger partial charge in [-0.15, -0.1) is 24.8 Å². The molecule has 0 amide bonds. The molecule has 1 aromatic heterocycles. The van der Waals surface area contributed by atoms with E-state index in [1.54, 1.807) is 0 Å². The van der Waals surface area contributed by atoms with Crippen molar-refractivity contribution in [1.29, 1.82) is 0 Å². The van der Waals surface area contributed by atoms with Gasteiger partial charge in [0.15, 0.2) is 0 Å². The lowest BCUT2D eigenvalue weighted by Crippen LogP contribution is -1.91. The molecule has 0 aliphatic carbocycles. The Kier molecular flexibility index (Phi) is 7.89. The van der Waals surface area contributed by atoms with Crippen LogP contribution in [0.15, 0.2) is 16.7 Å². The standard InChI is InChI=1S/C7H9BrN2.2ClH/c1-5-3-4-6(9-2)7(8)10-5;;/h3-4,9H,1-2H3;2*1H. The van der Waals surface area contributed by atoms with Crippen LogP contribution in [0.4, 0.5) is 5.69 Å². The molecule has 0 spiro atoms. The third kappa shape index (κ3) is 3.61. The van der Waals surface area contributed by atoms with Crippen molar-refractivity contribution in [3.05, 3.63) is 22.4 Å². The Morgan fingerprint density at radius 2 is 1.92 bits per heavy atom. The van der Waals surface area contributed by atoms with Gasteiger partial charge in [0.25, 0.3) is 0 Å².